The number of rotatable bonds is 13. The molecular formula is C20H28IN3O6. The molecule has 0 aliphatic carbocycles. The molecule has 5 N–H and O–H groups in total. The predicted molar refractivity (Wildman–Crippen MR) is 119 cm³/mol. The number of benzene rings is 1. The van der Waals surface area contributed by atoms with E-state index in [1.54, 1.807) is 12.1 Å². The van der Waals surface area contributed by atoms with E-state index in [0.29, 0.717) is 31.4 Å². The van der Waals surface area contributed by atoms with Crippen molar-refractivity contribution < 1.29 is 29.4 Å². The van der Waals surface area contributed by atoms with Crippen molar-refractivity contribution in [2.75, 3.05) is 6.54 Å². The zero-order valence-corrected chi connectivity index (χ0v) is 19.0. The van der Waals surface area contributed by atoms with E-state index in [4.69, 9.17) is 5.11 Å². The van der Waals surface area contributed by atoms with E-state index in [1.807, 2.05) is 19.1 Å². The highest BCUT2D eigenvalue weighted by atomic mass is 127. The summed E-state index contributed by atoms with van der Waals surface area (Å²) in [6.45, 7) is 2.28. The van der Waals surface area contributed by atoms with Crippen LogP contribution < -0.4 is 16.0 Å². The summed E-state index contributed by atoms with van der Waals surface area (Å²) in [4.78, 5) is 46.6. The van der Waals surface area contributed by atoms with Gasteiger partial charge in [-0.1, -0.05) is 19.8 Å². The average Bonchev–Trinajstić information content (AvgIpc) is 2.69. The topological polar surface area (TPSA) is 145 Å². The third-order valence-electron chi connectivity index (χ3n) is 4.36. The van der Waals surface area contributed by atoms with E-state index in [-0.39, 0.29) is 18.7 Å². The summed E-state index contributed by atoms with van der Waals surface area (Å²) < 4.78 is 1.03. The van der Waals surface area contributed by atoms with Crippen molar-refractivity contribution in [1.29, 1.82) is 0 Å². The van der Waals surface area contributed by atoms with Crippen LogP contribution in [-0.2, 0) is 9.59 Å². The number of unbranched alkanes of at least 4 members (excludes halogenated alkanes) is 2. The van der Waals surface area contributed by atoms with Crippen LogP contribution in [0.3, 0.4) is 0 Å². The van der Waals surface area contributed by atoms with Crippen LogP contribution in [0.1, 0.15) is 55.8 Å². The Morgan fingerprint density at radius 2 is 1.43 bits per heavy atom. The Labute approximate surface area is 189 Å². The van der Waals surface area contributed by atoms with Crippen molar-refractivity contribution in [3.8, 4) is 0 Å². The molecule has 10 heteroatoms. The Bertz CT molecular complexity index is 726. The van der Waals surface area contributed by atoms with Crippen LogP contribution in [0.4, 0.5) is 4.79 Å². The maximum Gasteiger partial charge on any atom is 0.326 e. The zero-order chi connectivity index (χ0) is 22.5. The number of nitrogens with one attached hydrogen (secondary N) is 3. The highest BCUT2D eigenvalue weighted by molar-refractivity contribution is 14.1. The van der Waals surface area contributed by atoms with Crippen LogP contribution in [0.25, 0.3) is 0 Å². The van der Waals surface area contributed by atoms with Crippen molar-refractivity contribution in [2.24, 2.45) is 0 Å². The van der Waals surface area contributed by atoms with E-state index in [2.05, 4.69) is 38.5 Å². The summed E-state index contributed by atoms with van der Waals surface area (Å²) in [6.07, 6.45) is 2.85. The number of carboxylic acid groups (broad SMARTS) is 2. The number of hydrogen-bond acceptors (Lipinski definition) is 4. The van der Waals surface area contributed by atoms with Crippen molar-refractivity contribution >= 4 is 46.5 Å². The SMILES string of the molecule is CCCC[C@H](NC(=O)N[C@@H](CCCCNC(=O)c1ccc(I)cc1)C(=O)O)C(=O)O. The highest BCUT2D eigenvalue weighted by Crippen LogP contribution is 2.07. The third-order valence-corrected chi connectivity index (χ3v) is 5.08. The van der Waals surface area contributed by atoms with E-state index in [0.717, 1.165) is 9.99 Å². The maximum atomic E-state index is 12.0. The summed E-state index contributed by atoms with van der Waals surface area (Å²) in [5, 5.41) is 25.8. The van der Waals surface area contributed by atoms with Gasteiger partial charge < -0.3 is 26.2 Å². The Kier molecular flexibility index (Phi) is 11.8. The molecular weight excluding hydrogens is 505 g/mol. The fourth-order valence-corrected chi connectivity index (χ4v) is 3.02. The van der Waals surface area contributed by atoms with E-state index in [9.17, 15) is 24.3 Å². The minimum Gasteiger partial charge on any atom is -0.480 e. The number of carbonyl (C=O) groups excluding carboxylic acids is 2. The fourth-order valence-electron chi connectivity index (χ4n) is 2.66. The summed E-state index contributed by atoms with van der Waals surface area (Å²) in [5.41, 5.74) is 0.549. The third kappa shape index (κ3) is 9.90. The second-order valence-electron chi connectivity index (χ2n) is 6.80. The summed E-state index contributed by atoms with van der Waals surface area (Å²) >= 11 is 2.15. The van der Waals surface area contributed by atoms with Crippen molar-refractivity contribution in [3.63, 3.8) is 0 Å². The first-order valence-corrected chi connectivity index (χ1v) is 10.9. The van der Waals surface area contributed by atoms with Gasteiger partial charge in [0, 0.05) is 15.7 Å². The van der Waals surface area contributed by atoms with Gasteiger partial charge in [-0.25, -0.2) is 14.4 Å². The first kappa shape index (κ1) is 25.7. The molecule has 0 aromatic heterocycles. The Morgan fingerprint density at radius 1 is 0.900 bits per heavy atom. The molecule has 0 heterocycles. The second kappa shape index (κ2) is 13.8. The normalized spacial score (nSPS) is 12.5. The Hall–Kier alpha value is -2.37. The molecule has 166 valence electrons. The van der Waals surface area contributed by atoms with Gasteiger partial charge in [0.15, 0.2) is 0 Å². The van der Waals surface area contributed by atoms with Crippen molar-refractivity contribution in [3.05, 3.63) is 33.4 Å². The number of urea groups is 1. The molecule has 0 unspecified atom stereocenters. The highest BCUT2D eigenvalue weighted by Gasteiger charge is 2.23. The van der Waals surface area contributed by atoms with E-state index < -0.39 is 30.1 Å². The quantitative estimate of drug-likeness (QED) is 0.195. The largest absolute Gasteiger partial charge is 0.480 e. The molecule has 0 aliphatic rings. The number of amides is 3. The van der Waals surface area contributed by atoms with Gasteiger partial charge in [-0.3, -0.25) is 4.79 Å². The van der Waals surface area contributed by atoms with Gasteiger partial charge in [-0.15, -0.1) is 0 Å². The molecule has 30 heavy (non-hydrogen) atoms. The van der Waals surface area contributed by atoms with Gasteiger partial charge >= 0.3 is 18.0 Å². The second-order valence-corrected chi connectivity index (χ2v) is 8.05. The molecule has 0 bridgehead atoms. The lowest BCUT2D eigenvalue weighted by atomic mass is 10.1. The molecule has 9 nitrogen and oxygen atoms in total. The zero-order valence-electron chi connectivity index (χ0n) is 16.8. The number of halogens is 1. The van der Waals surface area contributed by atoms with Crippen LogP contribution in [0.2, 0.25) is 0 Å². The fraction of sp³-hybridized carbons (Fsp3) is 0.500. The number of carboxylic acids is 2. The lowest BCUT2D eigenvalue weighted by Crippen LogP contribution is -2.51. The van der Waals surface area contributed by atoms with Crippen LogP contribution in [0, 0.1) is 3.57 Å². The first-order valence-electron chi connectivity index (χ1n) is 9.81. The van der Waals surface area contributed by atoms with Crippen LogP contribution in [0.15, 0.2) is 24.3 Å². The minimum absolute atomic E-state index is 0.162. The predicted octanol–water partition coefficient (Wildman–Crippen LogP) is 2.59. The molecule has 0 fully saturated rings. The summed E-state index contributed by atoms with van der Waals surface area (Å²) in [7, 11) is 0. The van der Waals surface area contributed by atoms with Crippen molar-refractivity contribution in [2.45, 2.75) is 57.5 Å². The smallest absolute Gasteiger partial charge is 0.326 e. The lowest BCUT2D eigenvalue weighted by molar-refractivity contribution is -0.139. The monoisotopic (exact) mass is 533 g/mol. The van der Waals surface area contributed by atoms with Crippen LogP contribution in [0.5, 0.6) is 0 Å². The number of aliphatic carboxylic acids is 2. The molecule has 0 saturated carbocycles. The molecule has 0 aliphatic heterocycles. The lowest BCUT2D eigenvalue weighted by Gasteiger charge is -2.18. The van der Waals surface area contributed by atoms with Gasteiger partial charge in [-0.2, -0.15) is 0 Å². The Balaban J connectivity index is 2.38. The molecule has 1 aromatic rings. The summed E-state index contributed by atoms with van der Waals surface area (Å²) in [5.74, 6) is -2.56. The van der Waals surface area contributed by atoms with Gasteiger partial charge in [-0.05, 0) is 72.5 Å². The van der Waals surface area contributed by atoms with Crippen LogP contribution in [-0.4, -0.2) is 52.7 Å². The van der Waals surface area contributed by atoms with Gasteiger partial charge in [0.25, 0.3) is 5.91 Å². The van der Waals surface area contributed by atoms with Gasteiger partial charge in [0.1, 0.15) is 12.1 Å². The Morgan fingerprint density at radius 3 is 1.93 bits per heavy atom. The molecule has 0 radical (unpaired) electrons. The van der Waals surface area contributed by atoms with Gasteiger partial charge in [0.05, 0.1) is 0 Å². The number of hydrogen-bond donors (Lipinski definition) is 5. The van der Waals surface area contributed by atoms with E-state index >= 15 is 0 Å². The standard InChI is InChI=1S/C20H28IN3O6/c1-2-3-6-15(18(26)27)23-20(30)24-16(19(28)29)7-4-5-12-22-17(25)13-8-10-14(21)11-9-13/h8-11,15-16H,2-7,12H2,1H3,(H,22,25)(H,26,27)(H,28,29)(H2,23,24,30)/t15-,16-/m0/s1. The summed E-state index contributed by atoms with van der Waals surface area (Å²) in [6, 6.07) is 4.10. The molecule has 1 aromatic carbocycles. The van der Waals surface area contributed by atoms with Gasteiger partial charge in [0.2, 0.25) is 0 Å². The molecule has 0 saturated heterocycles. The minimum atomic E-state index is -1.20. The molecule has 1 rings (SSSR count). The maximum absolute atomic E-state index is 12.0. The average molecular weight is 533 g/mol. The first-order chi connectivity index (χ1) is 14.2. The molecule has 3 amide bonds. The molecule has 0 spiro atoms. The van der Waals surface area contributed by atoms with E-state index in [1.165, 1.54) is 0 Å². The van der Waals surface area contributed by atoms with Crippen molar-refractivity contribution in [1.82, 2.24) is 16.0 Å². The van der Waals surface area contributed by atoms with Crippen LogP contribution >= 0.6 is 22.6 Å². The number of carbonyl (C=O) groups is 4. The molecule has 2 atom stereocenters.